The van der Waals surface area contributed by atoms with E-state index < -0.39 is 11.9 Å². The fourth-order valence-electron chi connectivity index (χ4n) is 4.77. The van der Waals surface area contributed by atoms with E-state index >= 15 is 0 Å². The van der Waals surface area contributed by atoms with Crippen LogP contribution in [0.2, 0.25) is 0 Å². The molecular weight excluding hydrogens is 388 g/mol. The van der Waals surface area contributed by atoms with Crippen LogP contribution in [0.1, 0.15) is 85.2 Å². The number of carboxylic acids is 1. The summed E-state index contributed by atoms with van der Waals surface area (Å²) in [7, 11) is 0. The van der Waals surface area contributed by atoms with Crippen molar-refractivity contribution in [1.82, 2.24) is 0 Å². The SMILES string of the molecule is CCCCCC(c1ccccc1N1CCCCC1)C(C(N)=O)c1ccc(C(=O)O)cc1. The van der Waals surface area contributed by atoms with Crippen LogP contribution in [-0.4, -0.2) is 30.1 Å². The van der Waals surface area contributed by atoms with E-state index in [-0.39, 0.29) is 17.4 Å². The highest BCUT2D eigenvalue weighted by Gasteiger charge is 2.32. The van der Waals surface area contributed by atoms with E-state index in [0.29, 0.717) is 0 Å². The van der Waals surface area contributed by atoms with Crippen LogP contribution in [0.15, 0.2) is 48.5 Å². The van der Waals surface area contributed by atoms with Crippen LogP contribution in [0.25, 0.3) is 0 Å². The zero-order chi connectivity index (χ0) is 22.2. The highest BCUT2D eigenvalue weighted by atomic mass is 16.4. The second kappa shape index (κ2) is 11.0. The van der Waals surface area contributed by atoms with Gasteiger partial charge >= 0.3 is 5.97 Å². The number of rotatable bonds is 10. The number of piperidine rings is 1. The molecule has 5 heteroatoms. The molecule has 0 radical (unpaired) electrons. The molecule has 2 unspecified atom stereocenters. The summed E-state index contributed by atoms with van der Waals surface area (Å²) in [6.45, 7) is 4.24. The van der Waals surface area contributed by atoms with Gasteiger partial charge in [-0.3, -0.25) is 4.79 Å². The maximum atomic E-state index is 12.7. The molecule has 1 heterocycles. The molecule has 31 heavy (non-hydrogen) atoms. The van der Waals surface area contributed by atoms with Crippen LogP contribution in [0.5, 0.6) is 0 Å². The van der Waals surface area contributed by atoms with Crippen LogP contribution in [0.3, 0.4) is 0 Å². The van der Waals surface area contributed by atoms with Gasteiger partial charge in [0.15, 0.2) is 0 Å². The van der Waals surface area contributed by atoms with E-state index in [0.717, 1.165) is 44.3 Å². The molecule has 166 valence electrons. The zero-order valence-electron chi connectivity index (χ0n) is 18.4. The molecule has 0 bridgehead atoms. The van der Waals surface area contributed by atoms with Crippen LogP contribution < -0.4 is 10.6 Å². The Hall–Kier alpha value is -2.82. The molecule has 1 fully saturated rings. The Balaban J connectivity index is 2.02. The van der Waals surface area contributed by atoms with Crippen LogP contribution >= 0.6 is 0 Å². The summed E-state index contributed by atoms with van der Waals surface area (Å²) >= 11 is 0. The molecule has 3 rings (SSSR count). The average Bonchev–Trinajstić information content (AvgIpc) is 2.79. The lowest BCUT2D eigenvalue weighted by Gasteiger charge is -2.34. The number of carbonyl (C=O) groups is 2. The van der Waals surface area contributed by atoms with Gasteiger partial charge in [0.05, 0.1) is 11.5 Å². The van der Waals surface area contributed by atoms with Gasteiger partial charge in [-0.25, -0.2) is 4.79 Å². The van der Waals surface area contributed by atoms with Gasteiger partial charge in [-0.15, -0.1) is 0 Å². The molecule has 1 aliphatic rings. The summed E-state index contributed by atoms with van der Waals surface area (Å²) in [4.78, 5) is 26.5. The van der Waals surface area contributed by atoms with Crippen molar-refractivity contribution in [1.29, 1.82) is 0 Å². The normalized spacial score (nSPS) is 16.0. The standard InChI is InChI=1S/C26H34N2O3/c1-2-3-5-11-22(21-10-6-7-12-23(21)28-17-8-4-9-18-28)24(25(27)29)19-13-15-20(16-14-19)26(30)31/h6-7,10,12-16,22,24H,2-5,8-9,11,17-18H2,1H3,(H2,27,29)(H,30,31). The first-order valence-electron chi connectivity index (χ1n) is 11.5. The number of unbranched alkanes of at least 4 members (excludes halogenated alkanes) is 2. The minimum absolute atomic E-state index is 0.0437. The summed E-state index contributed by atoms with van der Waals surface area (Å²) in [5.74, 6) is -1.88. The van der Waals surface area contributed by atoms with Crippen molar-refractivity contribution in [3.05, 3.63) is 65.2 Å². The lowest BCUT2D eigenvalue weighted by molar-refractivity contribution is -0.120. The Kier molecular flexibility index (Phi) is 8.10. The quantitative estimate of drug-likeness (QED) is 0.508. The predicted octanol–water partition coefficient (Wildman–Crippen LogP) is 5.31. The van der Waals surface area contributed by atoms with Gasteiger partial charge in [0.25, 0.3) is 0 Å². The van der Waals surface area contributed by atoms with Crippen molar-refractivity contribution >= 4 is 17.6 Å². The van der Waals surface area contributed by atoms with E-state index in [1.54, 1.807) is 24.3 Å². The number of primary amides is 1. The maximum Gasteiger partial charge on any atom is 0.335 e. The van der Waals surface area contributed by atoms with Gasteiger partial charge < -0.3 is 15.7 Å². The number of carbonyl (C=O) groups excluding carboxylic acids is 1. The lowest BCUT2D eigenvalue weighted by Crippen LogP contribution is -2.32. The number of nitrogens with zero attached hydrogens (tertiary/aromatic N) is 1. The van der Waals surface area contributed by atoms with Gasteiger partial charge in [0.1, 0.15) is 0 Å². The Morgan fingerprint density at radius 1 is 1.00 bits per heavy atom. The summed E-state index contributed by atoms with van der Waals surface area (Å²) in [5.41, 5.74) is 9.34. The molecule has 0 spiro atoms. The molecule has 3 N–H and O–H groups in total. The third-order valence-electron chi connectivity index (χ3n) is 6.38. The second-order valence-corrected chi connectivity index (χ2v) is 8.52. The van der Waals surface area contributed by atoms with Gasteiger partial charge in [0.2, 0.25) is 5.91 Å². The first kappa shape index (κ1) is 22.9. The van der Waals surface area contributed by atoms with Crippen molar-refractivity contribution in [3.8, 4) is 0 Å². The Morgan fingerprint density at radius 3 is 2.29 bits per heavy atom. The third-order valence-corrected chi connectivity index (χ3v) is 6.38. The molecule has 1 aliphatic heterocycles. The largest absolute Gasteiger partial charge is 0.478 e. The van der Waals surface area contributed by atoms with E-state index in [4.69, 9.17) is 5.73 Å². The van der Waals surface area contributed by atoms with Gasteiger partial charge in [0, 0.05) is 24.7 Å². The van der Waals surface area contributed by atoms with Crippen molar-refractivity contribution in [2.75, 3.05) is 18.0 Å². The highest BCUT2D eigenvalue weighted by Crippen LogP contribution is 2.41. The monoisotopic (exact) mass is 422 g/mol. The molecule has 2 aromatic carbocycles. The number of benzene rings is 2. The van der Waals surface area contributed by atoms with E-state index in [2.05, 4.69) is 30.0 Å². The number of para-hydroxylation sites is 1. The third kappa shape index (κ3) is 5.66. The van der Waals surface area contributed by atoms with Crippen molar-refractivity contribution < 1.29 is 14.7 Å². The van der Waals surface area contributed by atoms with Crippen molar-refractivity contribution in [2.45, 2.75) is 63.7 Å². The summed E-state index contributed by atoms with van der Waals surface area (Å²) in [5, 5.41) is 9.24. The Bertz CT molecular complexity index is 872. The number of carboxylic acid groups (broad SMARTS) is 1. The molecule has 0 saturated carbocycles. The lowest BCUT2D eigenvalue weighted by atomic mass is 9.77. The van der Waals surface area contributed by atoms with Crippen LogP contribution in [0, 0.1) is 0 Å². The van der Waals surface area contributed by atoms with Crippen molar-refractivity contribution in [3.63, 3.8) is 0 Å². The van der Waals surface area contributed by atoms with Crippen LogP contribution in [-0.2, 0) is 4.79 Å². The zero-order valence-corrected chi connectivity index (χ0v) is 18.4. The number of nitrogens with two attached hydrogens (primary N) is 1. The minimum Gasteiger partial charge on any atom is -0.478 e. The number of anilines is 1. The highest BCUT2D eigenvalue weighted by molar-refractivity contribution is 5.88. The first-order valence-corrected chi connectivity index (χ1v) is 11.5. The number of hydrogen-bond donors (Lipinski definition) is 2. The predicted molar refractivity (Wildman–Crippen MR) is 125 cm³/mol. The molecule has 5 nitrogen and oxygen atoms in total. The summed E-state index contributed by atoms with van der Waals surface area (Å²) in [6, 6.07) is 15.0. The van der Waals surface area contributed by atoms with Crippen molar-refractivity contribution in [2.24, 2.45) is 5.73 Å². The molecule has 0 aliphatic carbocycles. The molecule has 0 aromatic heterocycles. The average molecular weight is 423 g/mol. The summed E-state index contributed by atoms with van der Waals surface area (Å²) < 4.78 is 0. The smallest absolute Gasteiger partial charge is 0.335 e. The van der Waals surface area contributed by atoms with E-state index in [9.17, 15) is 14.7 Å². The van der Waals surface area contributed by atoms with E-state index in [1.165, 1.54) is 30.5 Å². The van der Waals surface area contributed by atoms with Gasteiger partial charge in [-0.2, -0.15) is 0 Å². The van der Waals surface area contributed by atoms with Gasteiger partial charge in [-0.1, -0.05) is 56.5 Å². The molecule has 2 aromatic rings. The second-order valence-electron chi connectivity index (χ2n) is 8.52. The fourth-order valence-corrected chi connectivity index (χ4v) is 4.77. The summed E-state index contributed by atoms with van der Waals surface area (Å²) in [6.07, 6.45) is 7.73. The number of hydrogen-bond acceptors (Lipinski definition) is 3. The van der Waals surface area contributed by atoms with Crippen LogP contribution in [0.4, 0.5) is 5.69 Å². The van der Waals surface area contributed by atoms with Gasteiger partial charge in [-0.05, 0) is 55.0 Å². The molecule has 1 amide bonds. The van der Waals surface area contributed by atoms with E-state index in [1.807, 2.05) is 6.07 Å². The number of aromatic carboxylic acids is 1. The number of amides is 1. The Labute approximate surface area is 185 Å². The Morgan fingerprint density at radius 2 is 1.68 bits per heavy atom. The minimum atomic E-state index is -0.975. The topological polar surface area (TPSA) is 83.6 Å². The fraction of sp³-hybridized carbons (Fsp3) is 0.462. The molecule has 1 saturated heterocycles. The first-order chi connectivity index (χ1) is 15.0. The maximum absolute atomic E-state index is 12.7. The molecular formula is C26H34N2O3. The molecule has 2 atom stereocenters.